The largest absolute Gasteiger partial charge is 0.497 e. The highest BCUT2D eigenvalue weighted by Gasteiger charge is 2.22. The van der Waals surface area contributed by atoms with Crippen LogP contribution < -0.4 is 14.8 Å². The average molecular weight is 417 g/mol. The Morgan fingerprint density at radius 3 is 2.54 bits per heavy atom. The van der Waals surface area contributed by atoms with Crippen molar-refractivity contribution in [2.75, 3.05) is 14.2 Å². The average Bonchev–Trinajstić information content (AvgIpc) is 2.92. The molecule has 0 aliphatic carbocycles. The van der Waals surface area contributed by atoms with Gasteiger partial charge in [-0.05, 0) is 47.1 Å². The van der Waals surface area contributed by atoms with E-state index in [-0.39, 0.29) is 11.9 Å². The number of amides is 1. The summed E-state index contributed by atoms with van der Waals surface area (Å²) in [6.07, 6.45) is 0. The molecule has 0 fully saturated rings. The molecule has 5 nitrogen and oxygen atoms in total. The highest BCUT2D eigenvalue weighted by Crippen LogP contribution is 2.32. The fourth-order valence-corrected chi connectivity index (χ4v) is 3.90. The molecule has 1 atom stereocenters. The van der Waals surface area contributed by atoms with Gasteiger partial charge in [-0.3, -0.25) is 4.79 Å². The van der Waals surface area contributed by atoms with E-state index >= 15 is 0 Å². The van der Waals surface area contributed by atoms with E-state index in [4.69, 9.17) is 9.47 Å². The molecule has 0 saturated carbocycles. The number of aryl methyl sites for hydroxylation is 1. The predicted octanol–water partition coefficient (Wildman–Crippen LogP) is 4.45. The van der Waals surface area contributed by atoms with E-state index in [0.29, 0.717) is 17.2 Å². The number of aromatic nitrogens is 1. The number of fused-ring (bicyclic) bond motifs is 1. The molecule has 3 aromatic rings. The van der Waals surface area contributed by atoms with Gasteiger partial charge in [-0.15, -0.1) is 0 Å². The number of methoxy groups -OCH3 is 2. The van der Waals surface area contributed by atoms with Crippen molar-refractivity contribution in [3.8, 4) is 11.5 Å². The van der Waals surface area contributed by atoms with Crippen LogP contribution in [0.1, 0.15) is 29.0 Å². The van der Waals surface area contributed by atoms with Crippen LogP contribution in [0.15, 0.2) is 46.9 Å². The molecule has 6 heteroatoms. The number of halogens is 1. The van der Waals surface area contributed by atoms with Crippen LogP contribution in [0.25, 0.3) is 10.9 Å². The summed E-state index contributed by atoms with van der Waals surface area (Å²) in [6, 6.07) is 13.2. The first-order valence-electron chi connectivity index (χ1n) is 8.23. The number of ether oxygens (including phenoxy) is 2. The van der Waals surface area contributed by atoms with E-state index in [2.05, 4.69) is 21.2 Å². The second kappa shape index (κ2) is 7.41. The number of carbonyl (C=O) groups is 1. The molecule has 1 aromatic heterocycles. The van der Waals surface area contributed by atoms with Crippen molar-refractivity contribution in [1.29, 1.82) is 0 Å². The maximum atomic E-state index is 13.0. The monoisotopic (exact) mass is 416 g/mol. The number of carbonyl (C=O) groups excluding carboxylic acids is 1. The third-order valence-electron chi connectivity index (χ3n) is 4.51. The molecular weight excluding hydrogens is 396 g/mol. The van der Waals surface area contributed by atoms with Crippen molar-refractivity contribution >= 4 is 32.7 Å². The molecule has 3 rings (SSSR count). The van der Waals surface area contributed by atoms with Gasteiger partial charge in [0.1, 0.15) is 17.2 Å². The van der Waals surface area contributed by atoms with Crippen LogP contribution in [-0.2, 0) is 7.05 Å². The van der Waals surface area contributed by atoms with Gasteiger partial charge in [-0.25, -0.2) is 0 Å². The van der Waals surface area contributed by atoms with Gasteiger partial charge < -0.3 is 19.4 Å². The number of nitrogens with one attached hydrogen (secondary N) is 1. The highest BCUT2D eigenvalue weighted by molar-refractivity contribution is 9.10. The first-order valence-corrected chi connectivity index (χ1v) is 9.03. The fourth-order valence-electron chi connectivity index (χ4n) is 3.12. The second-order valence-electron chi connectivity index (χ2n) is 6.04. The van der Waals surface area contributed by atoms with Crippen molar-refractivity contribution in [1.82, 2.24) is 9.88 Å². The van der Waals surface area contributed by atoms with Gasteiger partial charge in [0.15, 0.2) is 0 Å². The Balaban J connectivity index is 1.94. The van der Waals surface area contributed by atoms with Gasteiger partial charge in [0.25, 0.3) is 5.91 Å². The molecule has 0 unspecified atom stereocenters. The third kappa shape index (κ3) is 3.17. The number of benzene rings is 2. The van der Waals surface area contributed by atoms with E-state index < -0.39 is 0 Å². The summed E-state index contributed by atoms with van der Waals surface area (Å²) < 4.78 is 13.4. The van der Waals surface area contributed by atoms with Crippen LogP contribution in [0, 0.1) is 0 Å². The summed E-state index contributed by atoms with van der Waals surface area (Å²) in [7, 11) is 5.11. The second-order valence-corrected chi connectivity index (χ2v) is 6.83. The predicted molar refractivity (Wildman–Crippen MR) is 106 cm³/mol. The molecule has 0 spiro atoms. The Labute approximate surface area is 161 Å². The highest BCUT2D eigenvalue weighted by atomic mass is 79.9. The minimum atomic E-state index is -0.252. The summed E-state index contributed by atoms with van der Waals surface area (Å²) in [6.45, 7) is 1.92. The van der Waals surface area contributed by atoms with Gasteiger partial charge in [-0.2, -0.15) is 0 Å². The maximum Gasteiger partial charge on any atom is 0.269 e. The van der Waals surface area contributed by atoms with Crippen LogP contribution in [0.3, 0.4) is 0 Å². The zero-order chi connectivity index (χ0) is 18.8. The van der Waals surface area contributed by atoms with Gasteiger partial charge in [0.2, 0.25) is 0 Å². The number of hydrogen-bond acceptors (Lipinski definition) is 3. The summed E-state index contributed by atoms with van der Waals surface area (Å²) in [5.41, 5.74) is 2.44. The normalized spacial score (nSPS) is 12.0. The van der Waals surface area contributed by atoms with Crippen LogP contribution >= 0.6 is 15.9 Å². The number of nitrogens with zero attached hydrogens (tertiary/aromatic N) is 1. The zero-order valence-electron chi connectivity index (χ0n) is 15.2. The Morgan fingerprint density at radius 1 is 1.15 bits per heavy atom. The fraction of sp³-hybridized carbons (Fsp3) is 0.250. The quantitative estimate of drug-likeness (QED) is 0.668. The van der Waals surface area contributed by atoms with Crippen molar-refractivity contribution in [2.24, 2.45) is 7.05 Å². The maximum absolute atomic E-state index is 13.0. The lowest BCUT2D eigenvalue weighted by molar-refractivity contribution is 0.0931. The Kier molecular flexibility index (Phi) is 5.23. The van der Waals surface area contributed by atoms with Crippen molar-refractivity contribution < 1.29 is 14.3 Å². The summed E-state index contributed by atoms with van der Waals surface area (Å²) >= 11 is 3.57. The molecule has 1 amide bonds. The Morgan fingerprint density at radius 2 is 1.88 bits per heavy atom. The minimum absolute atomic E-state index is 0.159. The minimum Gasteiger partial charge on any atom is -0.497 e. The smallest absolute Gasteiger partial charge is 0.269 e. The Bertz CT molecular complexity index is 926. The molecule has 1 heterocycles. The van der Waals surface area contributed by atoms with Crippen LogP contribution in [-0.4, -0.2) is 24.7 Å². The SMILES string of the molecule is COc1ccc(OC)c([C@H](C)NC(=O)c2c(Br)c3ccccc3n2C)c1. The third-order valence-corrected chi connectivity index (χ3v) is 5.31. The molecule has 1 N–H and O–H groups in total. The molecular formula is C20H21BrN2O3. The van der Waals surface area contributed by atoms with E-state index in [9.17, 15) is 4.79 Å². The van der Waals surface area contributed by atoms with Crippen LogP contribution in [0.5, 0.6) is 11.5 Å². The van der Waals surface area contributed by atoms with Crippen LogP contribution in [0.4, 0.5) is 0 Å². The van der Waals surface area contributed by atoms with E-state index in [1.807, 2.05) is 61.0 Å². The lowest BCUT2D eigenvalue weighted by atomic mass is 10.1. The lowest BCUT2D eigenvalue weighted by Gasteiger charge is -2.18. The molecule has 136 valence electrons. The first kappa shape index (κ1) is 18.3. The first-order chi connectivity index (χ1) is 12.5. The lowest BCUT2D eigenvalue weighted by Crippen LogP contribution is -2.28. The molecule has 0 bridgehead atoms. The molecule has 26 heavy (non-hydrogen) atoms. The van der Waals surface area contributed by atoms with Gasteiger partial charge in [0, 0.05) is 23.5 Å². The molecule has 0 radical (unpaired) electrons. The standard InChI is InChI=1S/C20H21BrN2O3/c1-12(15-11-13(25-3)9-10-17(15)26-4)22-20(24)19-18(21)14-7-5-6-8-16(14)23(19)2/h5-12H,1-4H3,(H,22,24)/t12-/m0/s1. The van der Waals surface area contributed by atoms with E-state index in [1.54, 1.807) is 14.2 Å². The zero-order valence-corrected chi connectivity index (χ0v) is 16.8. The molecule has 2 aromatic carbocycles. The number of rotatable bonds is 5. The van der Waals surface area contributed by atoms with Crippen molar-refractivity contribution in [3.05, 3.63) is 58.2 Å². The number of para-hydroxylation sites is 1. The topological polar surface area (TPSA) is 52.5 Å². The van der Waals surface area contributed by atoms with Gasteiger partial charge >= 0.3 is 0 Å². The van der Waals surface area contributed by atoms with Crippen molar-refractivity contribution in [2.45, 2.75) is 13.0 Å². The molecule has 0 saturated heterocycles. The molecule has 0 aliphatic rings. The van der Waals surface area contributed by atoms with E-state index in [1.165, 1.54) is 0 Å². The van der Waals surface area contributed by atoms with Crippen LogP contribution in [0.2, 0.25) is 0 Å². The van der Waals surface area contributed by atoms with Gasteiger partial charge in [-0.1, -0.05) is 18.2 Å². The summed E-state index contributed by atoms with van der Waals surface area (Å²) in [4.78, 5) is 13.0. The Hall–Kier alpha value is -2.47. The van der Waals surface area contributed by atoms with Crippen molar-refractivity contribution in [3.63, 3.8) is 0 Å². The van der Waals surface area contributed by atoms with Gasteiger partial charge in [0.05, 0.1) is 24.7 Å². The summed E-state index contributed by atoms with van der Waals surface area (Å²) in [5.74, 6) is 1.26. The molecule has 0 aliphatic heterocycles. The number of hydrogen-bond donors (Lipinski definition) is 1. The van der Waals surface area contributed by atoms with E-state index in [0.717, 1.165) is 20.9 Å². The summed E-state index contributed by atoms with van der Waals surface area (Å²) in [5, 5.41) is 4.06.